The molecule has 5 aliphatic rings. The zero-order valence-electron chi connectivity index (χ0n) is 27.0. The van der Waals surface area contributed by atoms with Gasteiger partial charge in [-0.1, -0.05) is 104 Å². The summed E-state index contributed by atoms with van der Waals surface area (Å²) in [5, 5.41) is 13.8. The molecule has 0 radical (unpaired) electrons. The second-order valence-corrected chi connectivity index (χ2v) is 13.5. The Balaban J connectivity index is 1.33. The first-order valence-electron chi connectivity index (χ1n) is 17.3. The fourth-order valence-corrected chi connectivity index (χ4v) is 8.42. The van der Waals surface area contributed by atoms with Gasteiger partial charge in [0.2, 0.25) is 17.7 Å². The highest BCUT2D eigenvalue weighted by molar-refractivity contribution is 5.99. The number of allylic oxidation sites excluding steroid dienone is 1. The van der Waals surface area contributed by atoms with Crippen molar-refractivity contribution in [2.75, 3.05) is 19.7 Å². The second kappa shape index (κ2) is 13.7. The molecule has 1 saturated carbocycles. The summed E-state index contributed by atoms with van der Waals surface area (Å²) in [6.07, 6.45) is 11.4. The smallest absolute Gasteiger partial charge is 0.313 e. The minimum absolute atomic E-state index is 0.0343. The van der Waals surface area contributed by atoms with Gasteiger partial charge < -0.3 is 29.7 Å². The first-order chi connectivity index (χ1) is 23.4. The van der Waals surface area contributed by atoms with Gasteiger partial charge in [0.15, 0.2) is 0 Å². The average molecular weight is 654 g/mol. The van der Waals surface area contributed by atoms with Gasteiger partial charge >= 0.3 is 5.97 Å². The zero-order chi connectivity index (χ0) is 33.3. The molecule has 10 nitrogen and oxygen atoms in total. The van der Waals surface area contributed by atoms with Crippen molar-refractivity contribution >= 4 is 23.7 Å². The van der Waals surface area contributed by atoms with Crippen molar-refractivity contribution in [3.05, 3.63) is 96.1 Å². The summed E-state index contributed by atoms with van der Waals surface area (Å²) in [7, 11) is 0. The molecule has 7 rings (SSSR count). The molecule has 0 unspecified atom stereocenters. The van der Waals surface area contributed by atoms with E-state index in [-0.39, 0.29) is 30.8 Å². The highest BCUT2D eigenvalue weighted by Crippen LogP contribution is 2.57. The molecular weight excluding hydrogens is 610 g/mol. The number of rotatable bonds is 5. The third kappa shape index (κ3) is 5.75. The monoisotopic (exact) mass is 653 g/mol. The highest BCUT2D eigenvalue weighted by atomic mass is 16.6. The molecule has 0 aromatic heterocycles. The van der Waals surface area contributed by atoms with Gasteiger partial charge in [0.1, 0.15) is 23.7 Å². The second-order valence-electron chi connectivity index (χ2n) is 13.5. The number of benzene rings is 2. The molecule has 2 N–H and O–H groups in total. The molecule has 48 heavy (non-hydrogen) atoms. The number of ether oxygens (including phenoxy) is 2. The van der Waals surface area contributed by atoms with Crippen LogP contribution in [0.2, 0.25) is 0 Å². The Labute approximate surface area is 280 Å². The highest BCUT2D eigenvalue weighted by Gasteiger charge is 2.74. The lowest BCUT2D eigenvalue weighted by Gasteiger charge is -2.42. The third-order valence-electron chi connectivity index (χ3n) is 10.7. The number of amides is 3. The van der Waals surface area contributed by atoms with E-state index in [2.05, 4.69) is 5.32 Å². The molecule has 4 aliphatic heterocycles. The number of fused-ring (bicyclic) bond motifs is 2. The number of nitrogens with one attached hydrogen (secondary N) is 1. The number of hydrogen-bond donors (Lipinski definition) is 2. The number of cyclic esters (lactones) is 1. The van der Waals surface area contributed by atoms with Crippen molar-refractivity contribution in [2.24, 2.45) is 11.8 Å². The van der Waals surface area contributed by atoms with E-state index >= 15 is 4.79 Å². The Morgan fingerprint density at radius 2 is 1.65 bits per heavy atom. The van der Waals surface area contributed by atoms with E-state index in [1.807, 2.05) is 77.7 Å². The van der Waals surface area contributed by atoms with E-state index in [0.717, 1.165) is 32.1 Å². The Morgan fingerprint density at radius 1 is 0.917 bits per heavy atom. The van der Waals surface area contributed by atoms with Gasteiger partial charge in [-0.2, -0.15) is 0 Å². The Hall–Kier alpha value is -4.28. The first kappa shape index (κ1) is 32.3. The van der Waals surface area contributed by atoms with Crippen molar-refractivity contribution in [2.45, 2.75) is 80.9 Å². The van der Waals surface area contributed by atoms with E-state index in [4.69, 9.17) is 9.47 Å². The quantitative estimate of drug-likeness (QED) is 0.372. The van der Waals surface area contributed by atoms with Gasteiger partial charge in [-0.3, -0.25) is 19.2 Å². The molecule has 5 bridgehead atoms. The Bertz CT molecular complexity index is 1570. The molecule has 2 saturated heterocycles. The van der Waals surface area contributed by atoms with Crippen LogP contribution in [-0.4, -0.2) is 82.1 Å². The van der Waals surface area contributed by atoms with E-state index in [1.165, 1.54) is 4.90 Å². The van der Waals surface area contributed by atoms with Crippen molar-refractivity contribution < 1.29 is 33.8 Å². The largest absolute Gasteiger partial charge is 0.455 e. The average Bonchev–Trinajstić information content (AvgIpc) is 3.76. The van der Waals surface area contributed by atoms with Gasteiger partial charge in [0.25, 0.3) is 0 Å². The molecule has 1 aliphatic carbocycles. The van der Waals surface area contributed by atoms with Crippen LogP contribution in [0.15, 0.2) is 85.0 Å². The summed E-state index contributed by atoms with van der Waals surface area (Å²) >= 11 is 0. The molecular formula is C38H43N3O7. The molecule has 4 heterocycles. The standard InChI is InChI=1S/C38H43N3O7/c42-24-28(25-13-5-1-6-14-25)41-34-36(45)40(27-17-9-3-10-18-27)22-12-4-11-19-31(43)39-23-30(26-15-7-2-8-16-26)47-37(46)32-29-20-21-38(34,48-29)33(32)35(41)44/h1-2,4-8,12-16,20-21,27-30,32-34,42H,3,9-11,17-19,22-24H2,(H,39,43)/b12-4-/t28-,29+,30+,32-,33-,34+,38-/m1/s1. The minimum Gasteiger partial charge on any atom is -0.455 e. The van der Waals surface area contributed by atoms with E-state index in [0.29, 0.717) is 24.1 Å². The van der Waals surface area contributed by atoms with Crippen LogP contribution < -0.4 is 5.32 Å². The van der Waals surface area contributed by atoms with Crippen LogP contribution >= 0.6 is 0 Å². The molecule has 7 atom stereocenters. The number of aliphatic hydroxyl groups is 1. The molecule has 3 fully saturated rings. The van der Waals surface area contributed by atoms with Crippen molar-refractivity contribution in [1.29, 1.82) is 0 Å². The number of hydrogen-bond acceptors (Lipinski definition) is 7. The zero-order valence-corrected chi connectivity index (χ0v) is 27.0. The SMILES string of the molecule is O=C1CC/C=C\CN(C2CCCCC2)C(=O)[C@@H]2N([C@H](CO)c3ccccc3)C(=O)[C@H]3[C@H](C(=O)O[C@H](c4ccccc4)CN1)[C@@H]1C=C[C@]23O1. The number of carbonyl (C=O) groups excluding carboxylic acids is 4. The topological polar surface area (TPSA) is 125 Å². The van der Waals surface area contributed by atoms with Crippen LogP contribution in [0.25, 0.3) is 0 Å². The number of carbonyl (C=O) groups is 4. The van der Waals surface area contributed by atoms with Crippen LogP contribution in [0.4, 0.5) is 0 Å². The van der Waals surface area contributed by atoms with Crippen LogP contribution in [-0.2, 0) is 28.7 Å². The fraction of sp³-hybridized carbons (Fsp3) is 0.474. The fourth-order valence-electron chi connectivity index (χ4n) is 8.42. The van der Waals surface area contributed by atoms with E-state index < -0.39 is 60.2 Å². The van der Waals surface area contributed by atoms with Crippen LogP contribution in [0.5, 0.6) is 0 Å². The maximum absolute atomic E-state index is 15.1. The molecule has 10 heteroatoms. The predicted octanol–water partition coefficient (Wildman–Crippen LogP) is 3.78. The van der Waals surface area contributed by atoms with Crippen LogP contribution in [0.1, 0.15) is 68.2 Å². The number of likely N-dealkylation sites (tertiary alicyclic amines) is 1. The van der Waals surface area contributed by atoms with Crippen LogP contribution in [0.3, 0.4) is 0 Å². The summed E-state index contributed by atoms with van der Waals surface area (Å²) in [5.41, 5.74) is -0.0178. The first-order valence-corrected chi connectivity index (χ1v) is 17.3. The summed E-state index contributed by atoms with van der Waals surface area (Å²) in [6, 6.07) is 16.4. The molecule has 252 valence electrons. The number of nitrogens with zero attached hydrogens (tertiary/aromatic N) is 2. The van der Waals surface area contributed by atoms with Crippen molar-refractivity contribution in [1.82, 2.24) is 15.1 Å². The maximum Gasteiger partial charge on any atom is 0.313 e. The Morgan fingerprint density at radius 3 is 2.38 bits per heavy atom. The Kier molecular flexibility index (Phi) is 9.20. The summed E-state index contributed by atoms with van der Waals surface area (Å²) in [5.74, 6) is -3.53. The van der Waals surface area contributed by atoms with Gasteiger partial charge in [-0.05, 0) is 30.4 Å². The lowest BCUT2D eigenvalue weighted by atomic mass is 9.74. The number of aliphatic hydroxyl groups excluding tert-OH is 1. The summed E-state index contributed by atoms with van der Waals surface area (Å²) in [6.45, 7) is -0.0304. The predicted molar refractivity (Wildman–Crippen MR) is 176 cm³/mol. The van der Waals surface area contributed by atoms with E-state index in [1.54, 1.807) is 12.2 Å². The lowest BCUT2D eigenvalue weighted by Crippen LogP contribution is -2.58. The van der Waals surface area contributed by atoms with E-state index in [9.17, 15) is 19.5 Å². The van der Waals surface area contributed by atoms with Gasteiger partial charge in [-0.15, -0.1) is 0 Å². The number of esters is 1. The third-order valence-corrected chi connectivity index (χ3v) is 10.7. The lowest BCUT2D eigenvalue weighted by molar-refractivity contribution is -0.160. The normalized spacial score (nSPS) is 32.6. The van der Waals surface area contributed by atoms with Gasteiger partial charge in [-0.25, -0.2) is 0 Å². The summed E-state index contributed by atoms with van der Waals surface area (Å²) < 4.78 is 12.8. The van der Waals surface area contributed by atoms with Crippen LogP contribution in [0, 0.1) is 11.8 Å². The van der Waals surface area contributed by atoms with Gasteiger partial charge in [0.05, 0.1) is 31.2 Å². The molecule has 2 aromatic carbocycles. The minimum atomic E-state index is -1.41. The molecule has 2 aromatic rings. The van der Waals surface area contributed by atoms with Crippen molar-refractivity contribution in [3.63, 3.8) is 0 Å². The van der Waals surface area contributed by atoms with Gasteiger partial charge in [0, 0.05) is 19.0 Å². The summed E-state index contributed by atoms with van der Waals surface area (Å²) in [4.78, 5) is 60.4. The van der Waals surface area contributed by atoms with Crippen molar-refractivity contribution in [3.8, 4) is 0 Å². The maximum atomic E-state index is 15.1. The molecule has 3 amide bonds. The molecule has 1 spiro atoms.